The molecule has 0 aromatic heterocycles. The van der Waals surface area contributed by atoms with Gasteiger partial charge in [0.15, 0.2) is 0 Å². The molecule has 1 aliphatic heterocycles. The van der Waals surface area contributed by atoms with Gasteiger partial charge >= 0.3 is 5.97 Å². The summed E-state index contributed by atoms with van der Waals surface area (Å²) in [5.74, 6) is -0.572. The van der Waals surface area contributed by atoms with Gasteiger partial charge in [0.1, 0.15) is 6.79 Å². The lowest BCUT2D eigenvalue weighted by Gasteiger charge is -2.32. The molecule has 5 heteroatoms. The number of hydrogen-bond donors (Lipinski definition) is 2. The van der Waals surface area contributed by atoms with Crippen molar-refractivity contribution in [1.29, 1.82) is 0 Å². The fourth-order valence-electron chi connectivity index (χ4n) is 2.47. The van der Waals surface area contributed by atoms with E-state index in [4.69, 9.17) is 20.3 Å². The van der Waals surface area contributed by atoms with Gasteiger partial charge in [0.2, 0.25) is 0 Å². The van der Waals surface area contributed by atoms with Crippen LogP contribution in [0, 0.1) is 5.92 Å². The van der Waals surface area contributed by atoms with E-state index in [2.05, 4.69) is 0 Å². The van der Waals surface area contributed by atoms with Crippen LogP contribution in [-0.4, -0.2) is 36.1 Å². The van der Waals surface area contributed by atoms with Crippen LogP contribution in [0.4, 0.5) is 0 Å². The second kappa shape index (κ2) is 4.47. The standard InChI is InChI=1S/C10H17NO4/c11-7(4-10(12)13)6-1-2-8-9(3-6)15-5-14-8/h6-9H,1-5,11H2,(H,12,13). The maximum absolute atomic E-state index is 10.5. The van der Waals surface area contributed by atoms with E-state index < -0.39 is 5.97 Å². The lowest BCUT2D eigenvalue weighted by Crippen LogP contribution is -2.40. The van der Waals surface area contributed by atoms with E-state index in [0.717, 1.165) is 19.3 Å². The molecule has 0 aromatic rings. The maximum Gasteiger partial charge on any atom is 0.304 e. The molecule has 4 atom stereocenters. The van der Waals surface area contributed by atoms with Gasteiger partial charge in [0, 0.05) is 6.04 Å². The van der Waals surface area contributed by atoms with E-state index >= 15 is 0 Å². The van der Waals surface area contributed by atoms with Gasteiger partial charge in [-0.1, -0.05) is 0 Å². The van der Waals surface area contributed by atoms with Gasteiger partial charge in [-0.2, -0.15) is 0 Å². The molecule has 86 valence electrons. The fraction of sp³-hybridized carbons (Fsp3) is 0.900. The Hall–Kier alpha value is -0.650. The number of fused-ring (bicyclic) bond motifs is 1. The van der Waals surface area contributed by atoms with Crippen molar-refractivity contribution >= 4 is 5.97 Å². The summed E-state index contributed by atoms with van der Waals surface area (Å²) in [6, 6.07) is -0.257. The topological polar surface area (TPSA) is 81.8 Å². The summed E-state index contributed by atoms with van der Waals surface area (Å²) in [7, 11) is 0. The zero-order valence-corrected chi connectivity index (χ0v) is 8.59. The monoisotopic (exact) mass is 215 g/mol. The van der Waals surface area contributed by atoms with Crippen LogP contribution >= 0.6 is 0 Å². The number of carboxylic acids is 1. The molecule has 2 fully saturated rings. The predicted octanol–water partition coefficient (Wildman–Crippen LogP) is 0.330. The van der Waals surface area contributed by atoms with Crippen LogP contribution in [0.25, 0.3) is 0 Å². The quantitative estimate of drug-likeness (QED) is 0.709. The maximum atomic E-state index is 10.5. The molecule has 2 rings (SSSR count). The van der Waals surface area contributed by atoms with E-state index in [1.54, 1.807) is 0 Å². The zero-order valence-electron chi connectivity index (χ0n) is 8.59. The highest BCUT2D eigenvalue weighted by atomic mass is 16.7. The fourth-order valence-corrected chi connectivity index (χ4v) is 2.47. The summed E-state index contributed by atoms with van der Waals surface area (Å²) >= 11 is 0. The van der Waals surface area contributed by atoms with Crippen molar-refractivity contribution in [3.63, 3.8) is 0 Å². The van der Waals surface area contributed by atoms with Crippen LogP contribution in [0.5, 0.6) is 0 Å². The van der Waals surface area contributed by atoms with Crippen molar-refractivity contribution < 1.29 is 19.4 Å². The van der Waals surface area contributed by atoms with Crippen molar-refractivity contribution in [1.82, 2.24) is 0 Å². The Balaban J connectivity index is 1.86. The van der Waals surface area contributed by atoms with Crippen LogP contribution in [0.15, 0.2) is 0 Å². The second-order valence-electron chi connectivity index (χ2n) is 4.36. The van der Waals surface area contributed by atoms with Gasteiger partial charge in [-0.05, 0) is 25.2 Å². The Morgan fingerprint density at radius 3 is 2.87 bits per heavy atom. The SMILES string of the molecule is NC(CC(=O)O)C1CCC2OCOC2C1. The Morgan fingerprint density at radius 1 is 1.40 bits per heavy atom. The Morgan fingerprint density at radius 2 is 2.13 bits per heavy atom. The van der Waals surface area contributed by atoms with E-state index in [-0.39, 0.29) is 30.6 Å². The van der Waals surface area contributed by atoms with Gasteiger partial charge in [-0.3, -0.25) is 4.79 Å². The lowest BCUT2D eigenvalue weighted by molar-refractivity contribution is -0.137. The van der Waals surface area contributed by atoms with Crippen molar-refractivity contribution in [2.24, 2.45) is 11.7 Å². The third-order valence-corrected chi connectivity index (χ3v) is 3.35. The van der Waals surface area contributed by atoms with Crippen molar-refractivity contribution in [2.45, 2.75) is 43.9 Å². The summed E-state index contributed by atoms with van der Waals surface area (Å²) in [5.41, 5.74) is 5.85. The number of hydrogen-bond acceptors (Lipinski definition) is 4. The molecular weight excluding hydrogens is 198 g/mol. The molecule has 0 aromatic carbocycles. The molecule has 1 saturated carbocycles. The molecule has 1 aliphatic carbocycles. The minimum atomic E-state index is -0.826. The number of rotatable bonds is 3. The highest BCUT2D eigenvalue weighted by Crippen LogP contribution is 2.33. The normalized spacial score (nSPS) is 37.3. The Bertz CT molecular complexity index is 246. The Labute approximate surface area is 88.5 Å². The largest absolute Gasteiger partial charge is 0.481 e. The molecule has 1 saturated heterocycles. The highest BCUT2D eigenvalue weighted by Gasteiger charge is 2.38. The molecular formula is C10H17NO4. The van der Waals surface area contributed by atoms with Crippen LogP contribution in [0.1, 0.15) is 25.7 Å². The summed E-state index contributed by atoms with van der Waals surface area (Å²) < 4.78 is 10.8. The number of nitrogens with two attached hydrogens (primary N) is 1. The molecule has 0 bridgehead atoms. The van der Waals surface area contributed by atoms with E-state index in [1.807, 2.05) is 0 Å². The van der Waals surface area contributed by atoms with Gasteiger partial charge in [-0.25, -0.2) is 0 Å². The lowest BCUT2D eigenvalue weighted by atomic mass is 9.80. The molecule has 4 unspecified atom stereocenters. The summed E-state index contributed by atoms with van der Waals surface area (Å²) in [6.45, 7) is 0.371. The summed E-state index contributed by atoms with van der Waals surface area (Å²) in [6.07, 6.45) is 3.09. The van der Waals surface area contributed by atoms with Crippen LogP contribution in [0.3, 0.4) is 0 Å². The van der Waals surface area contributed by atoms with Crippen molar-refractivity contribution in [3.05, 3.63) is 0 Å². The van der Waals surface area contributed by atoms with Gasteiger partial charge in [0.25, 0.3) is 0 Å². The molecule has 3 N–H and O–H groups in total. The second-order valence-corrected chi connectivity index (χ2v) is 4.36. The van der Waals surface area contributed by atoms with E-state index in [9.17, 15) is 4.79 Å². The van der Waals surface area contributed by atoms with Crippen LogP contribution < -0.4 is 5.73 Å². The van der Waals surface area contributed by atoms with Crippen LogP contribution in [-0.2, 0) is 14.3 Å². The molecule has 1 heterocycles. The summed E-state index contributed by atoms with van der Waals surface area (Å²) in [4.78, 5) is 10.5. The first-order valence-electron chi connectivity index (χ1n) is 5.37. The molecule has 2 aliphatic rings. The number of carboxylic acid groups (broad SMARTS) is 1. The van der Waals surface area contributed by atoms with Crippen molar-refractivity contribution in [3.8, 4) is 0 Å². The third kappa shape index (κ3) is 2.48. The van der Waals surface area contributed by atoms with Crippen LogP contribution in [0.2, 0.25) is 0 Å². The molecule has 0 amide bonds. The Kier molecular flexibility index (Phi) is 3.23. The first-order chi connectivity index (χ1) is 7.16. The molecule has 5 nitrogen and oxygen atoms in total. The van der Waals surface area contributed by atoms with Gasteiger partial charge < -0.3 is 20.3 Å². The molecule has 15 heavy (non-hydrogen) atoms. The average Bonchev–Trinajstić information content (AvgIpc) is 2.62. The molecule has 0 spiro atoms. The smallest absolute Gasteiger partial charge is 0.304 e. The number of carbonyl (C=O) groups is 1. The van der Waals surface area contributed by atoms with E-state index in [1.165, 1.54) is 0 Å². The van der Waals surface area contributed by atoms with Gasteiger partial charge in [0.05, 0.1) is 18.6 Å². The van der Waals surface area contributed by atoms with Gasteiger partial charge in [-0.15, -0.1) is 0 Å². The average molecular weight is 215 g/mol. The predicted molar refractivity (Wildman–Crippen MR) is 52.2 cm³/mol. The first kappa shape index (κ1) is 10.9. The molecule has 0 radical (unpaired) electrons. The minimum absolute atomic E-state index is 0.0446. The summed E-state index contributed by atoms with van der Waals surface area (Å²) in [5, 5.41) is 8.67. The zero-order chi connectivity index (χ0) is 10.8. The highest BCUT2D eigenvalue weighted by molar-refractivity contribution is 5.67. The van der Waals surface area contributed by atoms with Crippen molar-refractivity contribution in [2.75, 3.05) is 6.79 Å². The third-order valence-electron chi connectivity index (χ3n) is 3.35. The number of aliphatic carboxylic acids is 1. The first-order valence-corrected chi connectivity index (χ1v) is 5.37. The number of ether oxygens (including phenoxy) is 2. The van der Waals surface area contributed by atoms with E-state index in [0.29, 0.717) is 6.79 Å². The minimum Gasteiger partial charge on any atom is -0.481 e.